The Labute approximate surface area is 542 Å². The van der Waals surface area contributed by atoms with Crippen LogP contribution in [0.4, 0.5) is 0 Å². The summed E-state index contributed by atoms with van der Waals surface area (Å²) in [5.41, 5.74) is 0. The van der Waals surface area contributed by atoms with Crippen LogP contribution in [0.5, 0.6) is 0 Å². The van der Waals surface area contributed by atoms with Gasteiger partial charge in [-0.1, -0.05) is 284 Å². The monoisotopic (exact) mass is 1310 g/mol. The Balaban J connectivity index is 5.26. The van der Waals surface area contributed by atoms with Crippen molar-refractivity contribution in [1.29, 1.82) is 0 Å². The van der Waals surface area contributed by atoms with Gasteiger partial charge in [0.25, 0.3) is 0 Å². The molecule has 0 heterocycles. The summed E-state index contributed by atoms with van der Waals surface area (Å²) >= 11 is 0. The average Bonchev–Trinajstić information content (AvgIpc) is 3.51. The number of rotatable bonds is 68. The second-order valence-electron chi connectivity index (χ2n) is 25.1. The van der Waals surface area contributed by atoms with Crippen molar-refractivity contribution < 1.29 is 80.2 Å². The molecule has 0 bridgehead atoms. The molecular formula is C70H132O17P2. The number of carbonyl (C=O) groups excluding carboxylic acids is 4. The summed E-state index contributed by atoms with van der Waals surface area (Å²) in [6.45, 7) is 7.16. The normalized spacial score (nSPS) is 14.3. The van der Waals surface area contributed by atoms with Crippen LogP contribution in [0.1, 0.15) is 336 Å². The van der Waals surface area contributed by atoms with Crippen molar-refractivity contribution in [2.75, 3.05) is 39.6 Å². The van der Waals surface area contributed by atoms with E-state index in [0.717, 1.165) is 109 Å². The van der Waals surface area contributed by atoms with Gasteiger partial charge in [0.1, 0.15) is 19.3 Å². The topological polar surface area (TPSA) is 237 Å². The summed E-state index contributed by atoms with van der Waals surface area (Å²) < 4.78 is 68.2. The van der Waals surface area contributed by atoms with Gasteiger partial charge in [-0.15, -0.1) is 0 Å². The van der Waals surface area contributed by atoms with Gasteiger partial charge in [0, 0.05) is 25.7 Å². The van der Waals surface area contributed by atoms with Crippen LogP contribution >= 0.6 is 15.6 Å². The first kappa shape index (κ1) is 86.5. The van der Waals surface area contributed by atoms with Crippen LogP contribution in [0.25, 0.3) is 0 Å². The average molecular weight is 1310 g/mol. The van der Waals surface area contributed by atoms with E-state index in [4.69, 9.17) is 37.0 Å². The van der Waals surface area contributed by atoms with Crippen LogP contribution in [0.15, 0.2) is 24.3 Å². The Kier molecular flexibility index (Phi) is 61.2. The Morgan fingerprint density at radius 1 is 0.348 bits per heavy atom. The molecule has 2 unspecified atom stereocenters. The van der Waals surface area contributed by atoms with Crippen molar-refractivity contribution in [3.8, 4) is 0 Å². The molecular weight excluding hydrogens is 1170 g/mol. The molecule has 17 nitrogen and oxygen atoms in total. The van der Waals surface area contributed by atoms with E-state index in [0.29, 0.717) is 25.7 Å². The number of aliphatic hydroxyl groups excluding tert-OH is 1. The zero-order valence-electron chi connectivity index (χ0n) is 57.0. The molecule has 19 heteroatoms. The maximum atomic E-state index is 13.0. The number of phosphoric acid groups is 2. The minimum absolute atomic E-state index is 0.0852. The van der Waals surface area contributed by atoms with Gasteiger partial charge in [0.05, 0.1) is 26.4 Å². The Bertz CT molecular complexity index is 1810. The van der Waals surface area contributed by atoms with Crippen molar-refractivity contribution in [2.45, 2.75) is 355 Å². The van der Waals surface area contributed by atoms with Crippen LogP contribution < -0.4 is 0 Å². The van der Waals surface area contributed by atoms with Gasteiger partial charge in [0.2, 0.25) is 0 Å². The second-order valence-corrected chi connectivity index (χ2v) is 28.0. The summed E-state index contributed by atoms with van der Waals surface area (Å²) in [5, 5.41) is 10.6. The molecule has 0 fully saturated rings. The highest BCUT2D eigenvalue weighted by atomic mass is 31.2. The molecule has 0 saturated heterocycles. The van der Waals surface area contributed by atoms with E-state index < -0.39 is 97.5 Å². The van der Waals surface area contributed by atoms with Gasteiger partial charge < -0.3 is 33.8 Å². The Morgan fingerprint density at radius 2 is 0.607 bits per heavy atom. The van der Waals surface area contributed by atoms with Crippen LogP contribution in [0.3, 0.4) is 0 Å². The molecule has 0 aliphatic carbocycles. The molecule has 89 heavy (non-hydrogen) atoms. The van der Waals surface area contributed by atoms with Crippen LogP contribution in [0, 0.1) is 5.92 Å². The maximum Gasteiger partial charge on any atom is 0.472 e. The van der Waals surface area contributed by atoms with Crippen molar-refractivity contribution in [2.24, 2.45) is 5.92 Å². The van der Waals surface area contributed by atoms with Crippen molar-refractivity contribution in [3.63, 3.8) is 0 Å². The van der Waals surface area contributed by atoms with Gasteiger partial charge in [-0.25, -0.2) is 9.13 Å². The predicted octanol–water partition coefficient (Wildman–Crippen LogP) is 19.7. The minimum Gasteiger partial charge on any atom is -0.462 e. The maximum absolute atomic E-state index is 13.0. The molecule has 0 aromatic carbocycles. The molecule has 0 aliphatic heterocycles. The lowest BCUT2D eigenvalue weighted by atomic mass is 10.0. The van der Waals surface area contributed by atoms with Gasteiger partial charge in [0.15, 0.2) is 12.2 Å². The SMILES string of the molecule is CCCCCC/C=C\C=C/CCCCCCCC(=O)O[C@H](COC(=O)CCCCCCCCCCCCCCC(C)C)COP(=O)(O)OC[C@@H](O)COP(=O)(O)OC[C@@H](COC(=O)CCCCCCCCCCC)OC(=O)CCCCCCCCCCCC. The van der Waals surface area contributed by atoms with Crippen molar-refractivity contribution in [1.82, 2.24) is 0 Å². The third-order valence-electron chi connectivity index (χ3n) is 15.7. The van der Waals surface area contributed by atoms with E-state index >= 15 is 0 Å². The number of ether oxygens (including phenoxy) is 4. The first-order chi connectivity index (χ1) is 43.0. The highest BCUT2D eigenvalue weighted by Gasteiger charge is 2.30. The number of carbonyl (C=O) groups is 4. The third-order valence-corrected chi connectivity index (χ3v) is 17.6. The highest BCUT2D eigenvalue weighted by molar-refractivity contribution is 7.47. The predicted molar refractivity (Wildman–Crippen MR) is 358 cm³/mol. The molecule has 5 atom stereocenters. The van der Waals surface area contributed by atoms with E-state index in [9.17, 15) is 43.2 Å². The summed E-state index contributed by atoms with van der Waals surface area (Å²) in [6, 6.07) is 0. The fraction of sp³-hybridized carbons (Fsp3) is 0.886. The van der Waals surface area contributed by atoms with E-state index in [1.165, 1.54) is 148 Å². The highest BCUT2D eigenvalue weighted by Crippen LogP contribution is 2.45. The summed E-state index contributed by atoms with van der Waals surface area (Å²) in [7, 11) is -9.91. The lowest BCUT2D eigenvalue weighted by Crippen LogP contribution is -2.30. The largest absolute Gasteiger partial charge is 0.472 e. The number of allylic oxidation sites excluding steroid dienone is 4. The van der Waals surface area contributed by atoms with E-state index in [1.807, 2.05) is 0 Å². The number of phosphoric ester groups is 2. The van der Waals surface area contributed by atoms with E-state index in [2.05, 4.69) is 58.9 Å². The second kappa shape index (κ2) is 63.0. The molecule has 0 aromatic rings. The lowest BCUT2D eigenvalue weighted by Gasteiger charge is -2.21. The summed E-state index contributed by atoms with van der Waals surface area (Å²) in [6.07, 6.45) is 52.1. The number of hydrogen-bond donors (Lipinski definition) is 3. The molecule has 0 amide bonds. The molecule has 0 aliphatic rings. The molecule has 0 aromatic heterocycles. The lowest BCUT2D eigenvalue weighted by molar-refractivity contribution is -0.161. The van der Waals surface area contributed by atoms with Gasteiger partial charge in [-0.2, -0.15) is 0 Å². The fourth-order valence-electron chi connectivity index (χ4n) is 10.1. The summed E-state index contributed by atoms with van der Waals surface area (Å²) in [5.74, 6) is -1.38. The van der Waals surface area contributed by atoms with Gasteiger partial charge >= 0.3 is 39.5 Å². The number of unbranched alkanes of at least 4 members (excludes halogenated alkanes) is 37. The molecule has 0 rings (SSSR count). The van der Waals surface area contributed by atoms with Crippen LogP contribution in [0.2, 0.25) is 0 Å². The van der Waals surface area contributed by atoms with E-state index in [-0.39, 0.29) is 25.7 Å². The molecule has 0 saturated carbocycles. The molecule has 0 radical (unpaired) electrons. The quantitative estimate of drug-likeness (QED) is 0.0169. The first-order valence-electron chi connectivity index (χ1n) is 36.0. The fourth-order valence-corrected chi connectivity index (χ4v) is 11.7. The van der Waals surface area contributed by atoms with Crippen molar-refractivity contribution >= 4 is 39.5 Å². The molecule has 0 spiro atoms. The Morgan fingerprint density at radius 3 is 0.921 bits per heavy atom. The number of esters is 4. The van der Waals surface area contributed by atoms with Crippen LogP contribution in [-0.2, 0) is 65.4 Å². The standard InChI is InChI=1S/C70H132O17P2/c1-6-9-12-15-18-21-23-24-25-26-31-36-41-46-51-56-70(75)87-66(60-81-68(73)54-49-44-39-35-30-28-27-29-33-37-42-47-52-63(4)5)62-85-89(78,79)83-58-64(71)57-82-88(76,77)84-61-65(59-80-67(72)53-48-43-38-32-20-17-14-11-8-3)86-69(74)55-50-45-40-34-22-19-16-13-10-7-2/h21,23-25,63-66,71H,6-20,22,26-62H2,1-5H3,(H,76,77)(H,78,79)/b23-21-,25-24-/t64-,65+,66+/m0/s1. The smallest absolute Gasteiger partial charge is 0.462 e. The number of hydrogen-bond acceptors (Lipinski definition) is 15. The molecule has 3 N–H and O–H groups in total. The van der Waals surface area contributed by atoms with Gasteiger partial charge in [-0.05, 0) is 57.3 Å². The third kappa shape index (κ3) is 64.1. The summed E-state index contributed by atoms with van der Waals surface area (Å²) in [4.78, 5) is 72.4. The van der Waals surface area contributed by atoms with Crippen LogP contribution in [-0.4, -0.2) is 96.7 Å². The Hall–Kier alpha value is -2.46. The van der Waals surface area contributed by atoms with Crippen molar-refractivity contribution in [3.05, 3.63) is 24.3 Å². The zero-order valence-corrected chi connectivity index (χ0v) is 58.8. The molecule has 524 valence electrons. The number of aliphatic hydroxyl groups is 1. The van der Waals surface area contributed by atoms with E-state index in [1.54, 1.807) is 0 Å². The van der Waals surface area contributed by atoms with Gasteiger partial charge in [-0.3, -0.25) is 37.3 Å². The zero-order chi connectivity index (χ0) is 65.6. The minimum atomic E-state index is -4.96. The first-order valence-corrected chi connectivity index (χ1v) is 38.9.